The van der Waals surface area contributed by atoms with Crippen LogP contribution in [0.4, 0.5) is 5.13 Å². The van der Waals surface area contributed by atoms with Crippen LogP contribution in [0.25, 0.3) is 21.5 Å². The summed E-state index contributed by atoms with van der Waals surface area (Å²) in [5, 5.41) is 1.16. The lowest BCUT2D eigenvalue weighted by Crippen LogP contribution is -2.16. The highest BCUT2D eigenvalue weighted by Gasteiger charge is 2.23. The number of anilines is 1. The number of aromatic nitrogens is 2. The standard InChI is InChI=1S/C21H23N3S/c1-3-9-15(10-4-1)18-16-11-5-2-6-12-17(16)22-20-19(18)25-21(23-20)24-13-7-8-14-24/h1,3-4,9-10H,2,5-8,11-14H2. The Balaban J connectivity index is 1.75. The molecule has 3 aromatic rings. The van der Waals surface area contributed by atoms with Crippen molar-refractivity contribution in [3.05, 3.63) is 41.6 Å². The summed E-state index contributed by atoms with van der Waals surface area (Å²) < 4.78 is 1.29. The van der Waals surface area contributed by atoms with Gasteiger partial charge in [-0.05, 0) is 49.7 Å². The van der Waals surface area contributed by atoms with Crippen LogP contribution in [0.1, 0.15) is 43.4 Å². The van der Waals surface area contributed by atoms with E-state index in [-0.39, 0.29) is 0 Å². The number of fused-ring (bicyclic) bond motifs is 2. The number of nitrogens with zero attached hydrogens (tertiary/aromatic N) is 3. The Kier molecular flexibility index (Phi) is 3.93. The maximum atomic E-state index is 5.03. The molecule has 2 aromatic heterocycles. The molecule has 1 aromatic carbocycles. The van der Waals surface area contributed by atoms with Crippen LogP contribution >= 0.6 is 11.3 Å². The largest absolute Gasteiger partial charge is 0.348 e. The Hall–Kier alpha value is -1.94. The van der Waals surface area contributed by atoms with Crippen LogP contribution in [0.5, 0.6) is 0 Å². The van der Waals surface area contributed by atoms with Gasteiger partial charge in [0.2, 0.25) is 0 Å². The Morgan fingerprint density at radius 1 is 0.840 bits per heavy atom. The number of rotatable bonds is 2. The lowest BCUT2D eigenvalue weighted by Gasteiger charge is -2.13. The molecule has 1 saturated heterocycles. The molecule has 1 aliphatic heterocycles. The van der Waals surface area contributed by atoms with Gasteiger partial charge in [0.1, 0.15) is 0 Å². The van der Waals surface area contributed by atoms with E-state index in [1.807, 2.05) is 11.3 Å². The number of aryl methyl sites for hydroxylation is 1. The minimum atomic E-state index is 0.964. The molecule has 0 unspecified atom stereocenters. The second-order valence-electron chi connectivity index (χ2n) is 7.18. The van der Waals surface area contributed by atoms with Crippen LogP contribution in [0, 0.1) is 0 Å². The van der Waals surface area contributed by atoms with Crippen molar-refractivity contribution in [1.82, 2.24) is 9.97 Å². The highest BCUT2D eigenvalue weighted by atomic mass is 32.1. The fourth-order valence-corrected chi connectivity index (χ4v) is 5.37. The van der Waals surface area contributed by atoms with Gasteiger partial charge in [-0.15, -0.1) is 0 Å². The molecule has 1 aliphatic carbocycles. The SMILES string of the molecule is c1ccc(-c2c3c(nc4nc(N5CCCC5)sc24)CCCCC3)cc1. The highest BCUT2D eigenvalue weighted by molar-refractivity contribution is 7.22. The molecule has 4 heteroatoms. The van der Waals surface area contributed by atoms with Crippen LogP contribution in [-0.2, 0) is 12.8 Å². The maximum absolute atomic E-state index is 5.03. The third-order valence-electron chi connectivity index (χ3n) is 5.50. The van der Waals surface area contributed by atoms with Crippen LogP contribution < -0.4 is 4.90 Å². The monoisotopic (exact) mass is 349 g/mol. The van der Waals surface area contributed by atoms with E-state index < -0.39 is 0 Å². The first-order valence-corrected chi connectivity index (χ1v) is 10.3. The van der Waals surface area contributed by atoms with E-state index in [0.717, 1.165) is 36.7 Å². The fraction of sp³-hybridized carbons (Fsp3) is 0.429. The average Bonchev–Trinajstić information content (AvgIpc) is 3.26. The molecule has 0 amide bonds. The first kappa shape index (κ1) is 15.3. The zero-order chi connectivity index (χ0) is 16.6. The van der Waals surface area contributed by atoms with Crippen molar-refractivity contribution in [1.29, 1.82) is 0 Å². The van der Waals surface area contributed by atoms with E-state index >= 15 is 0 Å². The predicted molar refractivity (Wildman–Crippen MR) is 106 cm³/mol. The third kappa shape index (κ3) is 2.73. The fourth-order valence-electron chi connectivity index (χ4n) is 4.22. The summed E-state index contributed by atoms with van der Waals surface area (Å²) in [5.74, 6) is 0. The van der Waals surface area contributed by atoms with Gasteiger partial charge in [-0.25, -0.2) is 4.98 Å². The molecule has 0 atom stereocenters. The van der Waals surface area contributed by atoms with Crippen molar-refractivity contribution < 1.29 is 0 Å². The molecule has 3 nitrogen and oxygen atoms in total. The zero-order valence-electron chi connectivity index (χ0n) is 14.5. The molecule has 0 bridgehead atoms. The molecule has 0 N–H and O–H groups in total. The van der Waals surface area contributed by atoms with Gasteiger partial charge in [0.25, 0.3) is 0 Å². The average molecular weight is 350 g/mol. The van der Waals surface area contributed by atoms with Gasteiger partial charge in [-0.1, -0.05) is 48.1 Å². The molecule has 0 radical (unpaired) electrons. The minimum Gasteiger partial charge on any atom is -0.348 e. The molecule has 0 saturated carbocycles. The van der Waals surface area contributed by atoms with Crippen molar-refractivity contribution in [2.24, 2.45) is 0 Å². The number of hydrogen-bond donors (Lipinski definition) is 0. The van der Waals surface area contributed by atoms with E-state index in [1.165, 1.54) is 59.2 Å². The summed E-state index contributed by atoms with van der Waals surface area (Å²) >= 11 is 1.85. The van der Waals surface area contributed by atoms with E-state index in [1.54, 1.807) is 0 Å². The lowest BCUT2D eigenvalue weighted by atomic mass is 9.96. The molecular weight excluding hydrogens is 326 g/mol. The maximum Gasteiger partial charge on any atom is 0.188 e. The van der Waals surface area contributed by atoms with Crippen molar-refractivity contribution in [2.45, 2.75) is 44.9 Å². The molecule has 0 spiro atoms. The molecular formula is C21H23N3S. The van der Waals surface area contributed by atoms with E-state index in [9.17, 15) is 0 Å². The third-order valence-corrected chi connectivity index (χ3v) is 6.62. The number of thiazole rings is 1. The smallest absolute Gasteiger partial charge is 0.188 e. The lowest BCUT2D eigenvalue weighted by molar-refractivity contribution is 0.709. The van der Waals surface area contributed by atoms with Gasteiger partial charge >= 0.3 is 0 Å². The first-order valence-electron chi connectivity index (χ1n) is 9.53. The molecule has 1 fully saturated rings. The van der Waals surface area contributed by atoms with Crippen LogP contribution in [0.3, 0.4) is 0 Å². The second-order valence-corrected chi connectivity index (χ2v) is 8.16. The van der Waals surface area contributed by atoms with Crippen LogP contribution in [0.2, 0.25) is 0 Å². The van der Waals surface area contributed by atoms with Crippen LogP contribution in [-0.4, -0.2) is 23.1 Å². The molecule has 5 rings (SSSR count). The van der Waals surface area contributed by atoms with Crippen molar-refractivity contribution in [2.75, 3.05) is 18.0 Å². The van der Waals surface area contributed by atoms with Gasteiger partial charge < -0.3 is 4.90 Å². The quantitative estimate of drug-likeness (QED) is 0.593. The van der Waals surface area contributed by atoms with Gasteiger partial charge in [0.15, 0.2) is 10.8 Å². The van der Waals surface area contributed by atoms with Gasteiger partial charge in [-0.2, -0.15) is 4.98 Å². The second kappa shape index (κ2) is 6.41. The topological polar surface area (TPSA) is 29.0 Å². The Labute approximate surface area is 152 Å². The summed E-state index contributed by atoms with van der Waals surface area (Å²) in [6.45, 7) is 2.28. The molecule has 3 heterocycles. The van der Waals surface area contributed by atoms with Gasteiger partial charge in [0.05, 0.1) is 4.70 Å². The van der Waals surface area contributed by atoms with Gasteiger partial charge in [0, 0.05) is 24.3 Å². The molecule has 2 aliphatic rings. The van der Waals surface area contributed by atoms with E-state index in [0.29, 0.717) is 0 Å². The van der Waals surface area contributed by atoms with E-state index in [4.69, 9.17) is 9.97 Å². The number of pyridine rings is 1. The zero-order valence-corrected chi connectivity index (χ0v) is 15.3. The first-order chi connectivity index (χ1) is 12.4. The van der Waals surface area contributed by atoms with E-state index in [2.05, 4.69) is 35.2 Å². The summed E-state index contributed by atoms with van der Waals surface area (Å²) in [4.78, 5) is 12.4. The number of benzene rings is 1. The minimum absolute atomic E-state index is 0.964. The normalized spacial score (nSPS) is 17.7. The number of hydrogen-bond acceptors (Lipinski definition) is 4. The predicted octanol–water partition coefficient (Wildman–Crippen LogP) is 5.23. The summed E-state index contributed by atoms with van der Waals surface area (Å²) in [6.07, 6.45) is 8.66. The molecule has 25 heavy (non-hydrogen) atoms. The Morgan fingerprint density at radius 2 is 1.64 bits per heavy atom. The Morgan fingerprint density at radius 3 is 2.48 bits per heavy atom. The summed E-state index contributed by atoms with van der Waals surface area (Å²) in [6, 6.07) is 10.9. The summed E-state index contributed by atoms with van der Waals surface area (Å²) in [5.41, 5.74) is 6.47. The van der Waals surface area contributed by atoms with Crippen molar-refractivity contribution in [3.8, 4) is 11.1 Å². The van der Waals surface area contributed by atoms with Crippen molar-refractivity contribution >= 4 is 26.8 Å². The highest BCUT2D eigenvalue weighted by Crippen LogP contribution is 2.41. The van der Waals surface area contributed by atoms with Crippen LogP contribution in [0.15, 0.2) is 30.3 Å². The summed E-state index contributed by atoms with van der Waals surface area (Å²) in [7, 11) is 0. The van der Waals surface area contributed by atoms with Crippen molar-refractivity contribution in [3.63, 3.8) is 0 Å². The van der Waals surface area contributed by atoms with Gasteiger partial charge in [-0.3, -0.25) is 0 Å². The Bertz CT molecular complexity index is 894. The molecule has 128 valence electrons.